The van der Waals surface area contributed by atoms with Crippen molar-refractivity contribution in [1.82, 2.24) is 5.32 Å². The van der Waals surface area contributed by atoms with Crippen LogP contribution in [0.1, 0.15) is 39.2 Å². The van der Waals surface area contributed by atoms with Crippen molar-refractivity contribution in [3.05, 3.63) is 42.5 Å². The molecule has 1 rings (SSSR count). The van der Waals surface area contributed by atoms with Crippen LogP contribution >= 0.6 is 0 Å². The first-order valence-electron chi connectivity index (χ1n) is 6.65. The van der Waals surface area contributed by atoms with E-state index in [4.69, 9.17) is 4.74 Å². The highest BCUT2D eigenvalue weighted by Crippen LogP contribution is 2.19. The second-order valence-corrected chi connectivity index (χ2v) is 5.19. The smallest absolute Gasteiger partial charge is 0.124 e. The third-order valence-electron chi connectivity index (χ3n) is 2.96. The van der Waals surface area contributed by atoms with Gasteiger partial charge in [-0.3, -0.25) is 0 Å². The molecule has 0 aliphatic carbocycles. The lowest BCUT2D eigenvalue weighted by Crippen LogP contribution is -2.38. The van der Waals surface area contributed by atoms with Crippen LogP contribution in [0.2, 0.25) is 0 Å². The van der Waals surface area contributed by atoms with Crippen LogP contribution in [0.5, 0.6) is 5.75 Å². The zero-order valence-corrected chi connectivity index (χ0v) is 11.8. The maximum Gasteiger partial charge on any atom is 0.124 e. The molecule has 1 aromatic rings. The molecule has 0 amide bonds. The van der Waals surface area contributed by atoms with E-state index in [1.165, 1.54) is 18.4 Å². The van der Waals surface area contributed by atoms with Gasteiger partial charge in [-0.1, -0.05) is 44.2 Å². The van der Waals surface area contributed by atoms with Gasteiger partial charge in [0.15, 0.2) is 0 Å². The van der Waals surface area contributed by atoms with Crippen molar-refractivity contribution >= 4 is 0 Å². The Balaban J connectivity index is 2.63. The van der Waals surface area contributed by atoms with E-state index in [-0.39, 0.29) is 5.54 Å². The fourth-order valence-corrected chi connectivity index (χ4v) is 1.99. The van der Waals surface area contributed by atoms with Crippen LogP contribution in [-0.4, -0.2) is 12.1 Å². The normalized spacial score (nSPS) is 11.3. The molecule has 18 heavy (non-hydrogen) atoms. The highest BCUT2D eigenvalue weighted by atomic mass is 16.5. The molecule has 0 fully saturated rings. The lowest BCUT2D eigenvalue weighted by Gasteiger charge is -2.26. The Labute approximate surface area is 111 Å². The highest BCUT2D eigenvalue weighted by molar-refractivity contribution is 5.33. The van der Waals surface area contributed by atoms with Crippen LogP contribution in [0.15, 0.2) is 36.9 Å². The number of hydrogen-bond donors (Lipinski definition) is 1. The molecule has 0 spiro atoms. The number of para-hydroxylation sites is 1. The number of nitrogens with one attached hydrogen (secondary N) is 1. The molecule has 0 unspecified atom stereocenters. The summed E-state index contributed by atoms with van der Waals surface area (Å²) in [5, 5.41) is 3.59. The lowest BCUT2D eigenvalue weighted by atomic mass is 9.98. The van der Waals surface area contributed by atoms with Crippen molar-refractivity contribution < 1.29 is 4.74 Å². The van der Waals surface area contributed by atoms with E-state index < -0.39 is 0 Å². The number of benzene rings is 1. The summed E-state index contributed by atoms with van der Waals surface area (Å²) in [5.74, 6) is 0.942. The average Bonchev–Trinajstić information content (AvgIpc) is 2.35. The third kappa shape index (κ3) is 4.92. The third-order valence-corrected chi connectivity index (χ3v) is 2.96. The minimum Gasteiger partial charge on any atom is -0.489 e. The van der Waals surface area contributed by atoms with Crippen molar-refractivity contribution in [3.63, 3.8) is 0 Å². The standard InChI is InChI=1S/C16H25NO/c1-5-11-16(3,4)17-13-14-9-7-8-10-15(14)18-12-6-2/h6-10,17H,2,5,11-13H2,1,3-4H3. The molecular formula is C16H25NO. The average molecular weight is 247 g/mol. The number of ether oxygens (including phenoxy) is 1. The molecule has 0 radical (unpaired) electrons. The summed E-state index contributed by atoms with van der Waals surface area (Å²) in [5.41, 5.74) is 1.36. The molecule has 1 aromatic carbocycles. The molecule has 1 N–H and O–H groups in total. The van der Waals surface area contributed by atoms with Crippen molar-refractivity contribution in [1.29, 1.82) is 0 Å². The largest absolute Gasteiger partial charge is 0.489 e. The van der Waals surface area contributed by atoms with E-state index >= 15 is 0 Å². The van der Waals surface area contributed by atoms with E-state index in [0.29, 0.717) is 6.61 Å². The van der Waals surface area contributed by atoms with Crippen molar-refractivity contribution in [2.45, 2.75) is 45.7 Å². The monoisotopic (exact) mass is 247 g/mol. The Morgan fingerprint density at radius 2 is 2.06 bits per heavy atom. The fourth-order valence-electron chi connectivity index (χ4n) is 1.99. The molecule has 0 heterocycles. The topological polar surface area (TPSA) is 21.3 Å². The Morgan fingerprint density at radius 3 is 2.72 bits per heavy atom. The van der Waals surface area contributed by atoms with E-state index in [9.17, 15) is 0 Å². The van der Waals surface area contributed by atoms with Crippen molar-refractivity contribution in [3.8, 4) is 5.75 Å². The predicted molar refractivity (Wildman–Crippen MR) is 78.0 cm³/mol. The van der Waals surface area contributed by atoms with Crippen LogP contribution in [-0.2, 0) is 6.54 Å². The zero-order chi connectivity index (χ0) is 13.4. The maximum atomic E-state index is 5.65. The van der Waals surface area contributed by atoms with Crippen LogP contribution in [0.25, 0.3) is 0 Å². The van der Waals surface area contributed by atoms with Gasteiger partial charge in [-0.2, -0.15) is 0 Å². The maximum absolute atomic E-state index is 5.65. The van der Waals surface area contributed by atoms with Crippen LogP contribution < -0.4 is 10.1 Å². The second kappa shape index (κ2) is 7.22. The first kappa shape index (κ1) is 14.8. The fraction of sp³-hybridized carbons (Fsp3) is 0.500. The molecule has 0 saturated heterocycles. The van der Waals surface area contributed by atoms with Gasteiger partial charge in [0.2, 0.25) is 0 Å². The van der Waals surface area contributed by atoms with Gasteiger partial charge in [0.1, 0.15) is 12.4 Å². The molecule has 0 bridgehead atoms. The van der Waals surface area contributed by atoms with Gasteiger partial charge in [-0.05, 0) is 26.3 Å². The molecule has 0 aliphatic heterocycles. The Kier molecular flexibility index (Phi) is 5.93. The molecule has 0 saturated carbocycles. The van der Waals surface area contributed by atoms with Gasteiger partial charge >= 0.3 is 0 Å². The van der Waals surface area contributed by atoms with Gasteiger partial charge in [0, 0.05) is 17.6 Å². The summed E-state index contributed by atoms with van der Waals surface area (Å²) < 4.78 is 5.65. The first-order chi connectivity index (χ1) is 8.59. The van der Waals surface area contributed by atoms with Gasteiger partial charge in [0.25, 0.3) is 0 Å². The molecule has 0 atom stereocenters. The summed E-state index contributed by atoms with van der Waals surface area (Å²) in [6.07, 6.45) is 4.13. The first-order valence-corrected chi connectivity index (χ1v) is 6.65. The Hall–Kier alpha value is -1.28. The van der Waals surface area contributed by atoms with E-state index in [1.54, 1.807) is 6.08 Å². The molecule has 100 valence electrons. The minimum absolute atomic E-state index is 0.167. The van der Waals surface area contributed by atoms with Crippen LogP contribution in [0.3, 0.4) is 0 Å². The van der Waals surface area contributed by atoms with Gasteiger partial charge < -0.3 is 10.1 Å². The van der Waals surface area contributed by atoms with E-state index in [0.717, 1.165) is 12.3 Å². The van der Waals surface area contributed by atoms with Crippen molar-refractivity contribution in [2.75, 3.05) is 6.61 Å². The molecule has 2 heteroatoms. The van der Waals surface area contributed by atoms with E-state index in [1.807, 2.05) is 18.2 Å². The van der Waals surface area contributed by atoms with Crippen LogP contribution in [0.4, 0.5) is 0 Å². The molecular weight excluding hydrogens is 222 g/mol. The highest BCUT2D eigenvalue weighted by Gasteiger charge is 2.16. The Bertz CT molecular complexity index is 371. The summed E-state index contributed by atoms with van der Waals surface area (Å²) in [6, 6.07) is 8.16. The minimum atomic E-state index is 0.167. The summed E-state index contributed by atoms with van der Waals surface area (Å²) in [4.78, 5) is 0. The molecule has 0 aliphatic rings. The SMILES string of the molecule is C=CCOc1ccccc1CNC(C)(C)CCC. The Morgan fingerprint density at radius 1 is 1.33 bits per heavy atom. The second-order valence-electron chi connectivity index (χ2n) is 5.19. The van der Waals surface area contributed by atoms with Crippen LogP contribution in [0, 0.1) is 0 Å². The van der Waals surface area contributed by atoms with Gasteiger partial charge in [-0.25, -0.2) is 0 Å². The van der Waals surface area contributed by atoms with Gasteiger partial charge in [-0.15, -0.1) is 0 Å². The molecule has 0 aromatic heterocycles. The predicted octanol–water partition coefficient (Wildman–Crippen LogP) is 3.92. The van der Waals surface area contributed by atoms with Crippen molar-refractivity contribution in [2.24, 2.45) is 0 Å². The lowest BCUT2D eigenvalue weighted by molar-refractivity contribution is 0.338. The molecule has 2 nitrogen and oxygen atoms in total. The summed E-state index contributed by atoms with van der Waals surface area (Å²) >= 11 is 0. The summed E-state index contributed by atoms with van der Waals surface area (Å²) in [6.45, 7) is 11.8. The van der Waals surface area contributed by atoms with Gasteiger partial charge in [0.05, 0.1) is 0 Å². The summed E-state index contributed by atoms with van der Waals surface area (Å²) in [7, 11) is 0. The number of hydrogen-bond acceptors (Lipinski definition) is 2. The quantitative estimate of drug-likeness (QED) is 0.703. The zero-order valence-electron chi connectivity index (χ0n) is 11.8. The van der Waals surface area contributed by atoms with E-state index in [2.05, 4.69) is 38.7 Å². The number of rotatable bonds is 8.